The van der Waals surface area contributed by atoms with Crippen molar-refractivity contribution in [2.45, 2.75) is 64.5 Å². The van der Waals surface area contributed by atoms with Crippen LogP contribution in [0.2, 0.25) is 0 Å². The molecule has 0 saturated carbocycles. The van der Waals surface area contributed by atoms with Gasteiger partial charge in [0.05, 0.1) is 6.04 Å². The molecule has 1 aliphatic rings. The van der Waals surface area contributed by atoms with E-state index < -0.39 is 0 Å². The number of nitrogens with one attached hydrogen (secondary N) is 3. The number of amides is 3. The summed E-state index contributed by atoms with van der Waals surface area (Å²) in [6.07, 6.45) is 5.61. The Kier molecular flexibility index (Phi) is 6.54. The molecule has 104 valence electrons. The average Bonchev–Trinajstić information content (AvgIpc) is 2.65. The summed E-state index contributed by atoms with van der Waals surface area (Å²) in [5.41, 5.74) is 0. The smallest absolute Gasteiger partial charge is 0.315 e. The molecular formula is C13H25N3O2. The second-order valence-electron chi connectivity index (χ2n) is 4.96. The summed E-state index contributed by atoms with van der Waals surface area (Å²) < 4.78 is 0. The van der Waals surface area contributed by atoms with Crippen LogP contribution in [0.1, 0.15) is 52.4 Å². The SMILES string of the molecule is CCCNC(=O)CCCCCC1NC(=O)N[C@@H]1C. The topological polar surface area (TPSA) is 70.2 Å². The summed E-state index contributed by atoms with van der Waals surface area (Å²) in [5, 5.41) is 8.61. The minimum absolute atomic E-state index is 0.0635. The van der Waals surface area contributed by atoms with Gasteiger partial charge in [0.25, 0.3) is 0 Å². The number of carbonyl (C=O) groups is 2. The molecule has 0 aliphatic carbocycles. The minimum Gasteiger partial charge on any atom is -0.356 e. The summed E-state index contributed by atoms with van der Waals surface area (Å²) in [4.78, 5) is 22.4. The van der Waals surface area contributed by atoms with Crippen molar-refractivity contribution in [1.29, 1.82) is 0 Å². The largest absolute Gasteiger partial charge is 0.356 e. The van der Waals surface area contributed by atoms with Crippen molar-refractivity contribution in [1.82, 2.24) is 16.0 Å². The summed E-state index contributed by atoms with van der Waals surface area (Å²) in [6.45, 7) is 4.84. The van der Waals surface area contributed by atoms with Crippen LogP contribution in [0, 0.1) is 0 Å². The zero-order valence-corrected chi connectivity index (χ0v) is 11.4. The first kappa shape index (κ1) is 14.8. The van der Waals surface area contributed by atoms with Crippen LogP contribution in [0.5, 0.6) is 0 Å². The van der Waals surface area contributed by atoms with Gasteiger partial charge in [-0.15, -0.1) is 0 Å². The molecule has 0 bridgehead atoms. The lowest BCUT2D eigenvalue weighted by atomic mass is 10.0. The van der Waals surface area contributed by atoms with E-state index in [9.17, 15) is 9.59 Å². The van der Waals surface area contributed by atoms with Crippen molar-refractivity contribution in [3.8, 4) is 0 Å². The molecule has 1 aliphatic heterocycles. The first-order valence-electron chi connectivity index (χ1n) is 6.97. The van der Waals surface area contributed by atoms with Crippen LogP contribution in [0.25, 0.3) is 0 Å². The normalized spacial score (nSPS) is 22.4. The van der Waals surface area contributed by atoms with Crippen molar-refractivity contribution >= 4 is 11.9 Å². The third-order valence-corrected chi connectivity index (χ3v) is 3.27. The van der Waals surface area contributed by atoms with E-state index in [-0.39, 0.29) is 24.0 Å². The van der Waals surface area contributed by atoms with Crippen molar-refractivity contribution in [2.75, 3.05) is 6.54 Å². The third-order valence-electron chi connectivity index (χ3n) is 3.27. The highest BCUT2D eigenvalue weighted by Crippen LogP contribution is 2.11. The summed E-state index contributed by atoms with van der Waals surface area (Å²) in [5.74, 6) is 0.154. The lowest BCUT2D eigenvalue weighted by Crippen LogP contribution is -2.30. The molecule has 0 radical (unpaired) electrons. The van der Waals surface area contributed by atoms with Gasteiger partial charge in [-0.1, -0.05) is 19.8 Å². The van der Waals surface area contributed by atoms with E-state index in [1.807, 2.05) is 13.8 Å². The molecule has 0 spiro atoms. The standard InChI is InChI=1S/C13H25N3O2/c1-3-9-14-12(17)8-6-4-5-7-11-10(2)15-13(18)16-11/h10-11H,3-9H2,1-2H3,(H,14,17)(H2,15,16,18)/t10-,11?/m1/s1. The Balaban J connectivity index is 1.98. The van der Waals surface area contributed by atoms with Crippen LogP contribution < -0.4 is 16.0 Å². The number of urea groups is 1. The molecule has 5 nitrogen and oxygen atoms in total. The Labute approximate surface area is 109 Å². The van der Waals surface area contributed by atoms with Gasteiger partial charge in [0.2, 0.25) is 5.91 Å². The molecular weight excluding hydrogens is 230 g/mol. The average molecular weight is 255 g/mol. The molecule has 1 unspecified atom stereocenters. The summed E-state index contributed by atoms with van der Waals surface area (Å²) in [6, 6.07) is 0.392. The quantitative estimate of drug-likeness (QED) is 0.576. The molecule has 18 heavy (non-hydrogen) atoms. The monoisotopic (exact) mass is 255 g/mol. The van der Waals surface area contributed by atoms with Gasteiger partial charge in [-0.05, 0) is 26.2 Å². The molecule has 0 aromatic carbocycles. The zero-order valence-electron chi connectivity index (χ0n) is 11.4. The predicted molar refractivity (Wildman–Crippen MR) is 71.3 cm³/mol. The van der Waals surface area contributed by atoms with Gasteiger partial charge in [-0.3, -0.25) is 4.79 Å². The highest BCUT2D eigenvalue weighted by molar-refractivity contribution is 5.77. The van der Waals surface area contributed by atoms with E-state index in [0.717, 1.165) is 38.6 Å². The van der Waals surface area contributed by atoms with Crippen molar-refractivity contribution in [3.63, 3.8) is 0 Å². The zero-order chi connectivity index (χ0) is 13.4. The maximum absolute atomic E-state index is 11.3. The van der Waals surface area contributed by atoms with E-state index in [1.165, 1.54) is 0 Å². The summed E-state index contributed by atoms with van der Waals surface area (Å²) >= 11 is 0. The van der Waals surface area contributed by atoms with Gasteiger partial charge in [-0.25, -0.2) is 4.79 Å². The number of hydrogen-bond donors (Lipinski definition) is 3. The maximum Gasteiger partial charge on any atom is 0.315 e. The van der Waals surface area contributed by atoms with Crippen LogP contribution in [0.15, 0.2) is 0 Å². The number of carbonyl (C=O) groups excluding carboxylic acids is 2. The molecule has 3 N–H and O–H groups in total. The number of rotatable bonds is 8. The van der Waals surface area contributed by atoms with Gasteiger partial charge in [0.1, 0.15) is 0 Å². The Hall–Kier alpha value is -1.26. The van der Waals surface area contributed by atoms with Crippen molar-refractivity contribution in [3.05, 3.63) is 0 Å². The third kappa shape index (κ3) is 5.38. The van der Waals surface area contributed by atoms with Crippen molar-refractivity contribution < 1.29 is 9.59 Å². The highest BCUT2D eigenvalue weighted by atomic mass is 16.2. The fourth-order valence-corrected chi connectivity index (χ4v) is 2.14. The molecule has 0 aromatic heterocycles. The fourth-order valence-electron chi connectivity index (χ4n) is 2.14. The van der Waals surface area contributed by atoms with Gasteiger partial charge in [0.15, 0.2) is 0 Å². The Bertz CT molecular complexity index is 281. The van der Waals surface area contributed by atoms with Gasteiger partial charge >= 0.3 is 6.03 Å². The molecule has 1 rings (SSSR count). The van der Waals surface area contributed by atoms with E-state index >= 15 is 0 Å². The maximum atomic E-state index is 11.3. The van der Waals surface area contributed by atoms with Crippen LogP contribution in [0.3, 0.4) is 0 Å². The van der Waals surface area contributed by atoms with Crippen LogP contribution >= 0.6 is 0 Å². The van der Waals surface area contributed by atoms with E-state index in [2.05, 4.69) is 16.0 Å². The Morgan fingerprint density at radius 2 is 2.06 bits per heavy atom. The molecule has 5 heteroatoms. The summed E-state index contributed by atoms with van der Waals surface area (Å²) in [7, 11) is 0. The number of hydrogen-bond acceptors (Lipinski definition) is 2. The highest BCUT2D eigenvalue weighted by Gasteiger charge is 2.26. The van der Waals surface area contributed by atoms with Crippen LogP contribution in [-0.2, 0) is 4.79 Å². The molecule has 3 amide bonds. The van der Waals surface area contributed by atoms with Gasteiger partial charge < -0.3 is 16.0 Å². The lowest BCUT2D eigenvalue weighted by molar-refractivity contribution is -0.121. The van der Waals surface area contributed by atoms with Crippen LogP contribution in [-0.4, -0.2) is 30.6 Å². The van der Waals surface area contributed by atoms with E-state index in [4.69, 9.17) is 0 Å². The Morgan fingerprint density at radius 1 is 1.28 bits per heavy atom. The van der Waals surface area contributed by atoms with Crippen molar-refractivity contribution in [2.24, 2.45) is 0 Å². The second kappa shape index (κ2) is 7.95. The number of unbranched alkanes of at least 4 members (excludes halogenated alkanes) is 2. The fraction of sp³-hybridized carbons (Fsp3) is 0.846. The van der Waals surface area contributed by atoms with E-state index in [0.29, 0.717) is 6.42 Å². The molecule has 1 saturated heterocycles. The molecule has 1 fully saturated rings. The van der Waals surface area contributed by atoms with Gasteiger partial charge in [0, 0.05) is 19.0 Å². The first-order chi connectivity index (χ1) is 8.63. The Morgan fingerprint density at radius 3 is 2.67 bits per heavy atom. The second-order valence-corrected chi connectivity index (χ2v) is 4.96. The lowest BCUT2D eigenvalue weighted by Gasteiger charge is -2.13. The van der Waals surface area contributed by atoms with Crippen LogP contribution in [0.4, 0.5) is 4.79 Å². The molecule has 2 atom stereocenters. The first-order valence-corrected chi connectivity index (χ1v) is 6.97. The molecule has 0 aromatic rings. The molecule has 1 heterocycles. The van der Waals surface area contributed by atoms with E-state index in [1.54, 1.807) is 0 Å². The predicted octanol–water partition coefficient (Wildman–Crippen LogP) is 1.53. The minimum atomic E-state index is -0.0635. The van der Waals surface area contributed by atoms with Gasteiger partial charge in [-0.2, -0.15) is 0 Å².